The van der Waals surface area contributed by atoms with Crippen LogP contribution in [0.1, 0.15) is 19.3 Å². The molecule has 0 spiro atoms. The van der Waals surface area contributed by atoms with Gasteiger partial charge in [-0.05, 0) is 37.5 Å². The minimum atomic E-state index is -0.280. The summed E-state index contributed by atoms with van der Waals surface area (Å²) >= 11 is 3.21. The SMILES string of the molecule is N#CC1CCCC1Nc1ccc(Br)cc1F. The first-order chi connectivity index (χ1) is 7.70. The molecule has 1 saturated carbocycles. The third kappa shape index (κ3) is 2.35. The molecule has 1 aliphatic carbocycles. The first-order valence-electron chi connectivity index (χ1n) is 5.32. The topological polar surface area (TPSA) is 35.8 Å². The van der Waals surface area contributed by atoms with Crippen LogP contribution in [-0.2, 0) is 0 Å². The van der Waals surface area contributed by atoms with Crippen molar-refractivity contribution in [3.8, 4) is 6.07 Å². The second-order valence-electron chi connectivity index (χ2n) is 4.04. The Morgan fingerprint density at radius 3 is 2.94 bits per heavy atom. The molecule has 16 heavy (non-hydrogen) atoms. The lowest BCUT2D eigenvalue weighted by molar-refractivity contribution is 0.602. The summed E-state index contributed by atoms with van der Waals surface area (Å²) in [5, 5.41) is 12.1. The first kappa shape index (κ1) is 11.4. The Morgan fingerprint density at radius 1 is 1.44 bits per heavy atom. The Balaban J connectivity index is 2.12. The average molecular weight is 283 g/mol. The smallest absolute Gasteiger partial charge is 0.147 e. The van der Waals surface area contributed by atoms with Crippen molar-refractivity contribution in [2.45, 2.75) is 25.3 Å². The summed E-state index contributed by atoms with van der Waals surface area (Å²) in [6.07, 6.45) is 2.88. The zero-order valence-corrected chi connectivity index (χ0v) is 10.3. The molecule has 1 aromatic rings. The van der Waals surface area contributed by atoms with E-state index in [1.807, 2.05) is 0 Å². The lowest BCUT2D eigenvalue weighted by Crippen LogP contribution is -2.23. The average Bonchev–Trinajstić information content (AvgIpc) is 2.69. The normalized spacial score (nSPS) is 24.1. The van der Waals surface area contributed by atoms with Gasteiger partial charge >= 0.3 is 0 Å². The fourth-order valence-corrected chi connectivity index (χ4v) is 2.43. The quantitative estimate of drug-likeness (QED) is 0.898. The molecule has 2 nitrogen and oxygen atoms in total. The summed E-state index contributed by atoms with van der Waals surface area (Å²) in [4.78, 5) is 0. The molecule has 0 aliphatic heterocycles. The molecule has 4 heteroatoms. The fraction of sp³-hybridized carbons (Fsp3) is 0.417. The van der Waals surface area contributed by atoms with Gasteiger partial charge in [0, 0.05) is 10.5 Å². The van der Waals surface area contributed by atoms with Gasteiger partial charge in [-0.15, -0.1) is 0 Å². The Labute approximate surface area is 103 Å². The molecular weight excluding hydrogens is 271 g/mol. The number of nitrogens with zero attached hydrogens (tertiary/aromatic N) is 1. The Hall–Kier alpha value is -1.08. The van der Waals surface area contributed by atoms with Crippen LogP contribution in [0.3, 0.4) is 0 Å². The van der Waals surface area contributed by atoms with Crippen molar-refractivity contribution in [1.82, 2.24) is 0 Å². The van der Waals surface area contributed by atoms with E-state index in [1.54, 1.807) is 12.1 Å². The van der Waals surface area contributed by atoms with E-state index >= 15 is 0 Å². The van der Waals surface area contributed by atoms with Crippen molar-refractivity contribution >= 4 is 21.6 Å². The van der Waals surface area contributed by atoms with Crippen molar-refractivity contribution in [3.05, 3.63) is 28.5 Å². The zero-order chi connectivity index (χ0) is 11.5. The molecular formula is C12H12BrFN2. The molecule has 0 aromatic heterocycles. The lowest BCUT2D eigenvalue weighted by atomic mass is 10.1. The van der Waals surface area contributed by atoms with Crippen LogP contribution >= 0.6 is 15.9 Å². The van der Waals surface area contributed by atoms with E-state index in [9.17, 15) is 4.39 Å². The standard InChI is InChI=1S/C12H12BrFN2/c13-9-4-5-12(10(14)6-9)16-11-3-1-2-8(11)7-15/h4-6,8,11,16H,1-3H2. The molecule has 0 amide bonds. The van der Waals surface area contributed by atoms with Crippen LogP contribution in [0, 0.1) is 23.1 Å². The van der Waals surface area contributed by atoms with Gasteiger partial charge in [0.15, 0.2) is 0 Å². The van der Waals surface area contributed by atoms with Crippen molar-refractivity contribution < 1.29 is 4.39 Å². The van der Waals surface area contributed by atoms with Crippen LogP contribution in [0.4, 0.5) is 10.1 Å². The van der Waals surface area contributed by atoms with E-state index in [2.05, 4.69) is 27.3 Å². The number of nitriles is 1. The third-order valence-electron chi connectivity index (χ3n) is 2.95. The van der Waals surface area contributed by atoms with Gasteiger partial charge < -0.3 is 5.32 Å². The molecule has 1 N–H and O–H groups in total. The van der Waals surface area contributed by atoms with Crippen molar-refractivity contribution in [3.63, 3.8) is 0 Å². The minimum absolute atomic E-state index is 0.00282. The molecule has 0 saturated heterocycles. The number of anilines is 1. The monoisotopic (exact) mass is 282 g/mol. The summed E-state index contributed by atoms with van der Waals surface area (Å²) < 4.78 is 14.3. The first-order valence-corrected chi connectivity index (χ1v) is 6.11. The van der Waals surface area contributed by atoms with Gasteiger partial charge in [0.2, 0.25) is 0 Å². The van der Waals surface area contributed by atoms with E-state index < -0.39 is 0 Å². The van der Waals surface area contributed by atoms with Crippen LogP contribution in [0.25, 0.3) is 0 Å². The number of nitrogens with one attached hydrogen (secondary N) is 1. The van der Waals surface area contributed by atoms with E-state index in [1.165, 1.54) is 6.07 Å². The number of rotatable bonds is 2. The van der Waals surface area contributed by atoms with Crippen LogP contribution < -0.4 is 5.32 Å². The minimum Gasteiger partial charge on any atom is -0.379 e. The number of hydrogen-bond acceptors (Lipinski definition) is 2. The van der Waals surface area contributed by atoms with Crippen LogP contribution in [0.5, 0.6) is 0 Å². The maximum Gasteiger partial charge on any atom is 0.147 e. The van der Waals surface area contributed by atoms with Gasteiger partial charge in [-0.25, -0.2) is 4.39 Å². The summed E-state index contributed by atoms with van der Waals surface area (Å²) in [5.41, 5.74) is 0.482. The molecule has 1 aromatic carbocycles. The van der Waals surface area contributed by atoms with E-state index in [0.717, 1.165) is 23.7 Å². The molecule has 2 rings (SSSR count). The Kier molecular flexibility index (Phi) is 3.45. The maximum atomic E-state index is 13.6. The number of halogens is 2. The second kappa shape index (κ2) is 4.84. The summed E-state index contributed by atoms with van der Waals surface area (Å²) in [6, 6.07) is 7.28. The highest BCUT2D eigenvalue weighted by atomic mass is 79.9. The number of hydrogen-bond donors (Lipinski definition) is 1. The summed E-state index contributed by atoms with van der Waals surface area (Å²) in [6.45, 7) is 0. The zero-order valence-electron chi connectivity index (χ0n) is 8.71. The maximum absolute atomic E-state index is 13.6. The number of benzene rings is 1. The molecule has 2 unspecified atom stereocenters. The molecule has 0 heterocycles. The van der Waals surface area contributed by atoms with Crippen LogP contribution in [0.2, 0.25) is 0 Å². The molecule has 2 atom stereocenters. The highest BCUT2D eigenvalue weighted by Gasteiger charge is 2.27. The van der Waals surface area contributed by atoms with Crippen molar-refractivity contribution in [2.75, 3.05) is 5.32 Å². The van der Waals surface area contributed by atoms with Gasteiger partial charge in [0.1, 0.15) is 5.82 Å². The second-order valence-corrected chi connectivity index (χ2v) is 4.96. The molecule has 0 radical (unpaired) electrons. The van der Waals surface area contributed by atoms with Gasteiger partial charge in [0.05, 0.1) is 17.7 Å². The van der Waals surface area contributed by atoms with Crippen LogP contribution in [0.15, 0.2) is 22.7 Å². The van der Waals surface area contributed by atoms with Crippen molar-refractivity contribution in [1.29, 1.82) is 5.26 Å². The summed E-state index contributed by atoms with van der Waals surface area (Å²) in [5.74, 6) is -0.277. The third-order valence-corrected chi connectivity index (χ3v) is 3.45. The predicted molar refractivity (Wildman–Crippen MR) is 64.5 cm³/mol. The fourth-order valence-electron chi connectivity index (χ4n) is 2.09. The van der Waals surface area contributed by atoms with Gasteiger partial charge in [-0.1, -0.05) is 15.9 Å². The molecule has 0 bridgehead atoms. The Morgan fingerprint density at radius 2 is 2.25 bits per heavy atom. The Bertz CT molecular complexity index is 428. The van der Waals surface area contributed by atoms with Crippen molar-refractivity contribution in [2.24, 2.45) is 5.92 Å². The molecule has 1 aliphatic rings. The van der Waals surface area contributed by atoms with Gasteiger partial charge in [-0.2, -0.15) is 5.26 Å². The van der Waals surface area contributed by atoms with Gasteiger partial charge in [-0.3, -0.25) is 0 Å². The van der Waals surface area contributed by atoms with Crippen LogP contribution in [-0.4, -0.2) is 6.04 Å². The van der Waals surface area contributed by atoms with Gasteiger partial charge in [0.25, 0.3) is 0 Å². The highest BCUT2D eigenvalue weighted by Crippen LogP contribution is 2.29. The highest BCUT2D eigenvalue weighted by molar-refractivity contribution is 9.10. The molecule has 1 fully saturated rings. The largest absolute Gasteiger partial charge is 0.379 e. The van der Waals surface area contributed by atoms with E-state index in [-0.39, 0.29) is 17.8 Å². The molecule has 84 valence electrons. The van der Waals surface area contributed by atoms with E-state index in [0.29, 0.717) is 5.69 Å². The summed E-state index contributed by atoms with van der Waals surface area (Å²) in [7, 11) is 0. The van der Waals surface area contributed by atoms with E-state index in [4.69, 9.17) is 5.26 Å². The lowest BCUT2D eigenvalue weighted by Gasteiger charge is -2.17. The predicted octanol–water partition coefficient (Wildman–Crippen LogP) is 3.69.